The highest BCUT2D eigenvalue weighted by molar-refractivity contribution is 8.00. The molecule has 0 spiro atoms. The Hall–Kier alpha value is 0.270. The van der Waals surface area contributed by atoms with Gasteiger partial charge in [-0.05, 0) is 19.3 Å². The third kappa shape index (κ3) is 1.78. The fraction of sp³-hybridized carbons (Fsp3) is 1.00. The van der Waals surface area contributed by atoms with Crippen molar-refractivity contribution in [2.24, 2.45) is 0 Å². The predicted molar refractivity (Wildman–Crippen MR) is 52.5 cm³/mol. The number of hydrogen-bond acceptors (Lipinski definition) is 3. The normalized spacial score (nSPS) is 42.0. The Morgan fingerprint density at radius 2 is 2.33 bits per heavy atom. The van der Waals surface area contributed by atoms with Crippen molar-refractivity contribution in [1.29, 1.82) is 0 Å². The van der Waals surface area contributed by atoms with Gasteiger partial charge in [-0.25, -0.2) is 0 Å². The molecule has 1 heterocycles. The Kier molecular flexibility index (Phi) is 2.36. The van der Waals surface area contributed by atoms with Crippen molar-refractivity contribution in [1.82, 2.24) is 5.32 Å². The van der Waals surface area contributed by atoms with Gasteiger partial charge in [0.05, 0.1) is 12.1 Å². The minimum Gasteiger partial charge on any atom is -0.394 e. The fourth-order valence-electron chi connectivity index (χ4n) is 1.89. The summed E-state index contributed by atoms with van der Waals surface area (Å²) < 4.78 is 0. The molecule has 1 saturated carbocycles. The Bertz CT molecular complexity index is 172. The summed E-state index contributed by atoms with van der Waals surface area (Å²) in [6, 6.07) is 0.711. The molecule has 1 aliphatic carbocycles. The maximum absolute atomic E-state index is 9.34. The first-order chi connectivity index (χ1) is 5.74. The van der Waals surface area contributed by atoms with Gasteiger partial charge in [-0.2, -0.15) is 11.8 Å². The second-order valence-electron chi connectivity index (χ2n) is 4.18. The van der Waals surface area contributed by atoms with Crippen molar-refractivity contribution in [2.75, 3.05) is 12.4 Å². The first-order valence-electron chi connectivity index (χ1n) is 4.74. The Labute approximate surface area is 78.1 Å². The molecule has 1 saturated heterocycles. The number of aliphatic hydroxyl groups excluding tert-OH is 1. The van der Waals surface area contributed by atoms with Crippen LogP contribution in [-0.2, 0) is 0 Å². The monoisotopic (exact) mass is 187 g/mol. The lowest BCUT2D eigenvalue weighted by atomic mass is 9.97. The number of aliphatic hydroxyl groups is 1. The highest BCUT2D eigenvalue weighted by atomic mass is 32.2. The van der Waals surface area contributed by atoms with Crippen molar-refractivity contribution in [3.8, 4) is 0 Å². The van der Waals surface area contributed by atoms with E-state index in [4.69, 9.17) is 0 Å². The SMILES string of the molecule is CC1CC(CO)(NC2CC2)CS1. The maximum atomic E-state index is 9.34. The number of hydrogen-bond donors (Lipinski definition) is 2. The number of nitrogens with one attached hydrogen (secondary N) is 1. The van der Waals surface area contributed by atoms with Gasteiger partial charge in [-0.15, -0.1) is 0 Å². The van der Waals surface area contributed by atoms with Crippen molar-refractivity contribution in [3.05, 3.63) is 0 Å². The molecule has 2 fully saturated rings. The van der Waals surface area contributed by atoms with Gasteiger partial charge < -0.3 is 10.4 Å². The largest absolute Gasteiger partial charge is 0.394 e. The van der Waals surface area contributed by atoms with E-state index in [1.54, 1.807) is 0 Å². The van der Waals surface area contributed by atoms with Crippen LogP contribution in [0.25, 0.3) is 0 Å². The van der Waals surface area contributed by atoms with Crippen molar-refractivity contribution in [3.63, 3.8) is 0 Å². The van der Waals surface area contributed by atoms with Crippen LogP contribution in [0.2, 0.25) is 0 Å². The van der Waals surface area contributed by atoms with Crippen LogP contribution in [0.4, 0.5) is 0 Å². The van der Waals surface area contributed by atoms with Crippen LogP contribution < -0.4 is 5.32 Å². The van der Waals surface area contributed by atoms with Gasteiger partial charge in [-0.1, -0.05) is 6.92 Å². The highest BCUT2D eigenvalue weighted by Crippen LogP contribution is 2.36. The summed E-state index contributed by atoms with van der Waals surface area (Å²) in [5.41, 5.74) is 0.0608. The van der Waals surface area contributed by atoms with Crippen LogP contribution >= 0.6 is 11.8 Å². The van der Waals surface area contributed by atoms with Crippen molar-refractivity contribution >= 4 is 11.8 Å². The molecule has 2 atom stereocenters. The number of thioether (sulfide) groups is 1. The number of rotatable bonds is 3. The lowest BCUT2D eigenvalue weighted by Crippen LogP contribution is -2.50. The molecule has 1 aliphatic heterocycles. The molecule has 2 aliphatic rings. The average Bonchev–Trinajstić information content (AvgIpc) is 2.77. The second-order valence-corrected chi connectivity index (χ2v) is 5.61. The van der Waals surface area contributed by atoms with Crippen LogP contribution in [-0.4, -0.2) is 34.3 Å². The molecule has 2 N–H and O–H groups in total. The molecule has 3 heteroatoms. The van der Waals surface area contributed by atoms with Crippen molar-refractivity contribution < 1.29 is 5.11 Å². The van der Waals surface area contributed by atoms with E-state index >= 15 is 0 Å². The van der Waals surface area contributed by atoms with Gasteiger partial charge in [0.15, 0.2) is 0 Å². The van der Waals surface area contributed by atoms with Crippen LogP contribution in [0, 0.1) is 0 Å². The zero-order valence-corrected chi connectivity index (χ0v) is 8.36. The minimum atomic E-state index is 0.0608. The van der Waals surface area contributed by atoms with Gasteiger partial charge >= 0.3 is 0 Å². The van der Waals surface area contributed by atoms with Crippen LogP contribution in [0.1, 0.15) is 26.2 Å². The summed E-state index contributed by atoms with van der Waals surface area (Å²) in [5.74, 6) is 1.08. The Morgan fingerprint density at radius 1 is 1.58 bits per heavy atom. The first kappa shape index (κ1) is 8.85. The summed E-state index contributed by atoms with van der Waals surface area (Å²) in [5, 5.41) is 13.6. The van der Waals surface area contributed by atoms with E-state index in [0.29, 0.717) is 17.9 Å². The van der Waals surface area contributed by atoms with Gasteiger partial charge in [-0.3, -0.25) is 0 Å². The lowest BCUT2D eigenvalue weighted by Gasteiger charge is -2.27. The van der Waals surface area contributed by atoms with Crippen molar-refractivity contribution in [2.45, 2.75) is 43.0 Å². The Balaban J connectivity index is 1.93. The lowest BCUT2D eigenvalue weighted by molar-refractivity contribution is 0.174. The molecule has 70 valence electrons. The van der Waals surface area contributed by atoms with Gasteiger partial charge in [0.1, 0.15) is 0 Å². The first-order valence-corrected chi connectivity index (χ1v) is 5.79. The maximum Gasteiger partial charge on any atom is 0.0621 e. The van der Waals surface area contributed by atoms with Gasteiger partial charge in [0.25, 0.3) is 0 Å². The van der Waals surface area contributed by atoms with E-state index in [0.717, 1.165) is 12.2 Å². The zero-order chi connectivity index (χ0) is 8.60. The van der Waals surface area contributed by atoms with E-state index in [9.17, 15) is 5.11 Å². The molecule has 0 aromatic rings. The molecule has 2 rings (SSSR count). The van der Waals surface area contributed by atoms with E-state index < -0.39 is 0 Å². The smallest absolute Gasteiger partial charge is 0.0621 e. The third-order valence-electron chi connectivity index (χ3n) is 2.71. The molecule has 0 aromatic carbocycles. The second kappa shape index (κ2) is 3.20. The van der Waals surface area contributed by atoms with Crippen LogP contribution in [0.5, 0.6) is 0 Å². The van der Waals surface area contributed by atoms with Gasteiger partial charge in [0, 0.05) is 17.0 Å². The molecule has 2 nitrogen and oxygen atoms in total. The molecule has 12 heavy (non-hydrogen) atoms. The summed E-state index contributed by atoms with van der Waals surface area (Å²) in [6.07, 6.45) is 3.74. The molecule has 0 bridgehead atoms. The molecule has 0 radical (unpaired) electrons. The fourth-order valence-corrected chi connectivity index (χ4v) is 3.22. The minimum absolute atomic E-state index is 0.0608. The molecular formula is C9H17NOS. The zero-order valence-electron chi connectivity index (χ0n) is 7.55. The summed E-state index contributed by atoms with van der Waals surface area (Å²) in [4.78, 5) is 0. The molecule has 2 unspecified atom stereocenters. The summed E-state index contributed by atoms with van der Waals surface area (Å²) in [7, 11) is 0. The van der Waals surface area contributed by atoms with Gasteiger partial charge in [0.2, 0.25) is 0 Å². The average molecular weight is 187 g/mol. The van der Waals surface area contributed by atoms with Crippen LogP contribution in [0.3, 0.4) is 0 Å². The molecule has 0 amide bonds. The van der Waals surface area contributed by atoms with E-state index in [-0.39, 0.29) is 5.54 Å². The standard InChI is InChI=1S/C9H17NOS/c1-7-4-9(5-11,6-12-7)10-8-2-3-8/h7-8,10-11H,2-6H2,1H3. The molecular weight excluding hydrogens is 170 g/mol. The highest BCUT2D eigenvalue weighted by Gasteiger charge is 2.41. The molecule has 0 aromatic heterocycles. The summed E-state index contributed by atoms with van der Waals surface area (Å²) in [6.45, 7) is 2.55. The van der Waals surface area contributed by atoms with E-state index in [1.807, 2.05) is 11.8 Å². The quantitative estimate of drug-likeness (QED) is 0.691. The third-order valence-corrected chi connectivity index (χ3v) is 4.17. The van der Waals surface area contributed by atoms with E-state index in [1.165, 1.54) is 12.8 Å². The topological polar surface area (TPSA) is 32.3 Å². The predicted octanol–water partition coefficient (Wildman–Crippen LogP) is 0.995. The van der Waals surface area contributed by atoms with E-state index in [2.05, 4.69) is 12.2 Å². The summed E-state index contributed by atoms with van der Waals surface area (Å²) >= 11 is 1.98. The Morgan fingerprint density at radius 3 is 2.75 bits per heavy atom. The van der Waals surface area contributed by atoms with Crippen LogP contribution in [0.15, 0.2) is 0 Å².